The Morgan fingerprint density at radius 2 is 1.93 bits per heavy atom. The highest BCUT2D eigenvalue weighted by Gasteiger charge is 2.25. The van der Waals surface area contributed by atoms with Crippen LogP contribution in [0.25, 0.3) is 10.4 Å². The molecule has 30 heavy (non-hydrogen) atoms. The number of carbonyl (C=O) groups excluding carboxylic acids is 2. The molecule has 1 N–H and O–H groups in total. The predicted octanol–water partition coefficient (Wildman–Crippen LogP) is 4.66. The SMILES string of the molecule is O=C(COC(=O)c1cc2c(s1)-c1ccccc1OC2)N[C@@H]1CCCc2ccccc21. The molecule has 0 saturated heterocycles. The van der Waals surface area contributed by atoms with Gasteiger partial charge in [-0.25, -0.2) is 4.79 Å². The van der Waals surface area contributed by atoms with E-state index in [9.17, 15) is 9.59 Å². The number of nitrogens with one attached hydrogen (secondary N) is 1. The number of amides is 1. The lowest BCUT2D eigenvalue weighted by Gasteiger charge is -2.26. The summed E-state index contributed by atoms with van der Waals surface area (Å²) >= 11 is 1.38. The minimum Gasteiger partial charge on any atom is -0.488 e. The minimum absolute atomic E-state index is 0.0242. The smallest absolute Gasteiger partial charge is 0.348 e. The van der Waals surface area contributed by atoms with Gasteiger partial charge >= 0.3 is 5.97 Å². The van der Waals surface area contributed by atoms with Gasteiger partial charge in [0.15, 0.2) is 6.61 Å². The number of esters is 1. The van der Waals surface area contributed by atoms with Gasteiger partial charge < -0.3 is 14.8 Å². The number of hydrogen-bond donors (Lipinski definition) is 1. The molecule has 2 heterocycles. The molecule has 0 saturated carbocycles. The lowest BCUT2D eigenvalue weighted by Crippen LogP contribution is -2.34. The van der Waals surface area contributed by atoms with Crippen molar-refractivity contribution in [3.8, 4) is 16.2 Å². The molecule has 1 aliphatic carbocycles. The Morgan fingerprint density at radius 3 is 2.87 bits per heavy atom. The molecule has 6 heteroatoms. The first-order valence-corrected chi connectivity index (χ1v) is 10.9. The number of benzene rings is 2. The molecule has 5 nitrogen and oxygen atoms in total. The van der Waals surface area contributed by atoms with Crippen molar-refractivity contribution < 1.29 is 19.1 Å². The standard InChI is InChI=1S/C24H21NO4S/c26-22(25-19-10-5-7-15-6-1-2-8-17(15)19)14-29-24(27)21-12-16-13-28-20-11-4-3-9-18(20)23(16)30-21/h1-4,6,8-9,11-12,19H,5,7,10,13-14H2,(H,25,26)/t19-/m1/s1. The first kappa shape index (κ1) is 18.9. The molecular formula is C24H21NO4S. The Morgan fingerprint density at radius 1 is 1.10 bits per heavy atom. The van der Waals surface area contributed by atoms with Gasteiger partial charge in [-0.1, -0.05) is 36.4 Å². The zero-order valence-electron chi connectivity index (χ0n) is 16.4. The van der Waals surface area contributed by atoms with Crippen molar-refractivity contribution in [2.45, 2.75) is 31.9 Å². The highest BCUT2D eigenvalue weighted by atomic mass is 32.1. The fourth-order valence-corrected chi connectivity index (χ4v) is 5.23. The van der Waals surface area contributed by atoms with E-state index in [1.54, 1.807) is 6.07 Å². The van der Waals surface area contributed by atoms with Crippen LogP contribution in [-0.4, -0.2) is 18.5 Å². The number of hydrogen-bond acceptors (Lipinski definition) is 5. The van der Waals surface area contributed by atoms with E-state index in [2.05, 4.69) is 17.4 Å². The third-order valence-corrected chi connectivity index (χ3v) is 6.75. The molecule has 0 bridgehead atoms. The highest BCUT2D eigenvalue weighted by Crippen LogP contribution is 2.42. The number of carbonyl (C=O) groups is 2. The van der Waals surface area contributed by atoms with Crippen LogP contribution in [0.2, 0.25) is 0 Å². The number of aryl methyl sites for hydroxylation is 1. The number of rotatable bonds is 4. The maximum atomic E-state index is 12.5. The summed E-state index contributed by atoms with van der Waals surface area (Å²) in [5.41, 5.74) is 4.39. The van der Waals surface area contributed by atoms with E-state index in [4.69, 9.17) is 9.47 Å². The van der Waals surface area contributed by atoms with Gasteiger partial charge in [-0.15, -0.1) is 11.3 Å². The van der Waals surface area contributed by atoms with Crippen LogP contribution in [0.3, 0.4) is 0 Å². The minimum atomic E-state index is -0.480. The molecule has 0 radical (unpaired) electrons. The number of fused-ring (bicyclic) bond motifs is 4. The number of ether oxygens (including phenoxy) is 2. The normalized spacial score (nSPS) is 16.5. The van der Waals surface area contributed by atoms with Gasteiger partial charge in [0.1, 0.15) is 17.2 Å². The van der Waals surface area contributed by atoms with Gasteiger partial charge in [0.2, 0.25) is 0 Å². The second-order valence-corrected chi connectivity index (χ2v) is 8.59. The third-order valence-electron chi connectivity index (χ3n) is 5.56. The molecule has 1 amide bonds. The van der Waals surface area contributed by atoms with E-state index in [-0.39, 0.29) is 18.6 Å². The van der Waals surface area contributed by atoms with Crippen LogP contribution in [0, 0.1) is 0 Å². The van der Waals surface area contributed by atoms with Gasteiger partial charge in [-0.05, 0) is 48.6 Å². The molecule has 0 spiro atoms. The van der Waals surface area contributed by atoms with E-state index in [1.165, 1.54) is 16.9 Å². The average Bonchev–Trinajstić information content (AvgIpc) is 3.23. The first-order valence-electron chi connectivity index (χ1n) is 10.1. The van der Waals surface area contributed by atoms with E-state index in [1.807, 2.05) is 36.4 Å². The lowest BCUT2D eigenvalue weighted by atomic mass is 9.88. The fraction of sp³-hybridized carbons (Fsp3) is 0.250. The summed E-state index contributed by atoms with van der Waals surface area (Å²) in [4.78, 5) is 26.4. The summed E-state index contributed by atoms with van der Waals surface area (Å²) in [6.07, 6.45) is 2.97. The van der Waals surface area contributed by atoms with Gasteiger partial charge in [-0.3, -0.25) is 4.79 Å². The molecule has 1 aromatic heterocycles. The van der Waals surface area contributed by atoms with E-state index in [0.717, 1.165) is 46.6 Å². The molecule has 0 fully saturated rings. The van der Waals surface area contributed by atoms with Gasteiger partial charge in [-0.2, -0.15) is 0 Å². The van der Waals surface area contributed by atoms with Crippen molar-refractivity contribution in [3.05, 3.63) is 76.2 Å². The Balaban J connectivity index is 1.23. The molecule has 0 unspecified atom stereocenters. The summed E-state index contributed by atoms with van der Waals surface area (Å²) in [5, 5.41) is 3.01. The molecule has 1 atom stereocenters. The summed E-state index contributed by atoms with van der Waals surface area (Å²) in [6.45, 7) is 0.144. The maximum absolute atomic E-state index is 12.5. The fourth-order valence-electron chi connectivity index (χ4n) is 4.14. The molecule has 152 valence electrons. The number of para-hydroxylation sites is 1. The van der Waals surface area contributed by atoms with Crippen LogP contribution >= 0.6 is 11.3 Å². The largest absolute Gasteiger partial charge is 0.488 e. The van der Waals surface area contributed by atoms with Gasteiger partial charge in [0.05, 0.1) is 6.04 Å². The molecule has 1 aliphatic heterocycles. The van der Waals surface area contributed by atoms with Crippen molar-refractivity contribution in [1.29, 1.82) is 0 Å². The van der Waals surface area contributed by atoms with E-state index in [0.29, 0.717) is 11.5 Å². The second kappa shape index (κ2) is 7.95. The quantitative estimate of drug-likeness (QED) is 0.625. The maximum Gasteiger partial charge on any atom is 0.348 e. The average molecular weight is 420 g/mol. The van der Waals surface area contributed by atoms with Crippen LogP contribution in [0.4, 0.5) is 0 Å². The van der Waals surface area contributed by atoms with Crippen molar-refractivity contribution in [2.75, 3.05) is 6.61 Å². The molecule has 2 aromatic carbocycles. The zero-order valence-corrected chi connectivity index (χ0v) is 17.2. The van der Waals surface area contributed by atoms with Crippen molar-refractivity contribution in [1.82, 2.24) is 5.32 Å². The van der Waals surface area contributed by atoms with Crippen LogP contribution in [0.15, 0.2) is 54.6 Å². The Kier molecular flexibility index (Phi) is 5.01. The summed E-state index contributed by atoms with van der Waals surface area (Å²) in [5.74, 6) is 0.0602. The molecule has 5 rings (SSSR count). The molecular weight excluding hydrogens is 398 g/mol. The van der Waals surface area contributed by atoms with E-state index >= 15 is 0 Å². The summed E-state index contributed by atoms with van der Waals surface area (Å²) in [6, 6.07) is 17.7. The Hall–Kier alpha value is -3.12. The van der Waals surface area contributed by atoms with Gasteiger partial charge in [0, 0.05) is 16.0 Å². The lowest BCUT2D eigenvalue weighted by molar-refractivity contribution is -0.125. The molecule has 3 aromatic rings. The predicted molar refractivity (Wildman–Crippen MR) is 115 cm³/mol. The van der Waals surface area contributed by atoms with Crippen LogP contribution in [-0.2, 0) is 22.6 Å². The topological polar surface area (TPSA) is 64.6 Å². The van der Waals surface area contributed by atoms with Crippen LogP contribution < -0.4 is 10.1 Å². The van der Waals surface area contributed by atoms with Crippen LogP contribution in [0.1, 0.15) is 45.2 Å². The second-order valence-electron chi connectivity index (χ2n) is 7.54. The third kappa shape index (κ3) is 3.59. The number of thiophene rings is 1. The highest BCUT2D eigenvalue weighted by molar-refractivity contribution is 7.17. The summed E-state index contributed by atoms with van der Waals surface area (Å²) in [7, 11) is 0. The van der Waals surface area contributed by atoms with Gasteiger partial charge in [0.25, 0.3) is 5.91 Å². The Labute approximate surface area is 178 Å². The first-order chi connectivity index (χ1) is 14.7. The summed E-state index contributed by atoms with van der Waals surface area (Å²) < 4.78 is 11.0. The Bertz CT molecular complexity index is 1120. The van der Waals surface area contributed by atoms with Crippen molar-refractivity contribution in [3.63, 3.8) is 0 Å². The van der Waals surface area contributed by atoms with Crippen LogP contribution in [0.5, 0.6) is 5.75 Å². The monoisotopic (exact) mass is 419 g/mol. The van der Waals surface area contributed by atoms with Crippen molar-refractivity contribution >= 4 is 23.2 Å². The van der Waals surface area contributed by atoms with E-state index < -0.39 is 5.97 Å². The van der Waals surface area contributed by atoms with Crippen molar-refractivity contribution in [2.24, 2.45) is 0 Å². The zero-order chi connectivity index (χ0) is 20.5. The molecule has 2 aliphatic rings.